The minimum absolute atomic E-state index is 0.0403. The Balaban J connectivity index is 2.34. The topological polar surface area (TPSA) is 91.6 Å². The fourth-order valence-corrected chi connectivity index (χ4v) is 3.53. The van der Waals surface area contributed by atoms with Gasteiger partial charge < -0.3 is 14.8 Å². The number of carbonyl (C=O) groups excluding carboxylic acids is 1. The monoisotopic (exact) mass is 397 g/mol. The van der Waals surface area contributed by atoms with Gasteiger partial charge in [0, 0.05) is 19.8 Å². The van der Waals surface area contributed by atoms with Crippen LogP contribution in [0.1, 0.15) is 24.0 Å². The average molecular weight is 397 g/mol. The number of ether oxygens (including phenoxy) is 2. The molecule has 2 heterocycles. The largest absolute Gasteiger partial charge is 0.497 e. The minimum atomic E-state index is -0.732. The number of carbonyl (C=O) groups is 1. The van der Waals surface area contributed by atoms with Crippen LogP contribution in [0.4, 0.5) is 5.82 Å². The molecule has 0 radical (unpaired) electrons. The molecule has 1 aliphatic heterocycles. The van der Waals surface area contributed by atoms with E-state index in [1.54, 1.807) is 45.3 Å². The van der Waals surface area contributed by atoms with Crippen molar-refractivity contribution in [2.45, 2.75) is 12.8 Å². The molecule has 0 saturated heterocycles. The Kier molecular flexibility index (Phi) is 5.45. The first-order valence-corrected chi connectivity index (χ1v) is 9.01. The van der Waals surface area contributed by atoms with E-state index in [0.29, 0.717) is 34.0 Å². The summed E-state index contributed by atoms with van der Waals surface area (Å²) in [5.41, 5.74) is 0.818. The molecule has 29 heavy (non-hydrogen) atoms. The summed E-state index contributed by atoms with van der Waals surface area (Å²) in [5.74, 6) is -0.363. The van der Waals surface area contributed by atoms with Crippen molar-refractivity contribution in [1.82, 2.24) is 9.13 Å². The van der Waals surface area contributed by atoms with Crippen molar-refractivity contribution < 1.29 is 14.3 Å². The van der Waals surface area contributed by atoms with E-state index in [-0.39, 0.29) is 6.61 Å². The number of nitrogens with zero attached hydrogens (tertiary/aromatic N) is 2. The Labute approximate surface area is 167 Å². The first kappa shape index (κ1) is 20.2. The second kappa shape index (κ2) is 7.83. The quantitative estimate of drug-likeness (QED) is 0.609. The van der Waals surface area contributed by atoms with Crippen LogP contribution in [0.2, 0.25) is 0 Å². The number of fused-ring (bicyclic) bond motifs is 1. The van der Waals surface area contributed by atoms with Gasteiger partial charge in [-0.1, -0.05) is 24.8 Å². The van der Waals surface area contributed by atoms with Gasteiger partial charge in [0.05, 0.1) is 24.2 Å². The number of anilines is 1. The van der Waals surface area contributed by atoms with Crippen LogP contribution in [0, 0.1) is 0 Å². The van der Waals surface area contributed by atoms with Gasteiger partial charge in [0.1, 0.15) is 18.2 Å². The van der Waals surface area contributed by atoms with Gasteiger partial charge in [-0.3, -0.25) is 13.9 Å². The molecular weight excluding hydrogens is 374 g/mol. The lowest BCUT2D eigenvalue weighted by Gasteiger charge is -2.30. The molecule has 1 aromatic carbocycles. The third-order valence-electron chi connectivity index (χ3n) is 4.97. The maximum Gasteiger partial charge on any atom is 0.337 e. The lowest BCUT2D eigenvalue weighted by Crippen LogP contribution is -2.43. The van der Waals surface area contributed by atoms with E-state index in [2.05, 4.69) is 11.9 Å². The van der Waals surface area contributed by atoms with Crippen LogP contribution in [-0.2, 0) is 23.6 Å². The molecule has 1 aliphatic rings. The zero-order chi connectivity index (χ0) is 21.3. The predicted octanol–water partition coefficient (Wildman–Crippen LogP) is 1.65. The van der Waals surface area contributed by atoms with Gasteiger partial charge in [-0.25, -0.2) is 9.59 Å². The normalized spacial score (nSPS) is 15.4. The van der Waals surface area contributed by atoms with Crippen molar-refractivity contribution in [3.05, 3.63) is 80.2 Å². The number of esters is 1. The number of hydrogen-bond donors (Lipinski definition) is 1. The summed E-state index contributed by atoms with van der Waals surface area (Å²) in [5, 5.41) is 3.04. The van der Waals surface area contributed by atoms with E-state index in [0.717, 1.165) is 4.57 Å². The molecule has 1 N–H and O–H groups in total. The van der Waals surface area contributed by atoms with Crippen LogP contribution in [0.5, 0.6) is 5.75 Å². The van der Waals surface area contributed by atoms with Crippen molar-refractivity contribution in [3.63, 3.8) is 0 Å². The summed E-state index contributed by atoms with van der Waals surface area (Å²) in [6.45, 7) is 5.31. The highest BCUT2D eigenvalue weighted by molar-refractivity contribution is 5.94. The fourth-order valence-electron chi connectivity index (χ4n) is 3.53. The highest BCUT2D eigenvalue weighted by Gasteiger charge is 2.37. The third kappa shape index (κ3) is 3.37. The highest BCUT2D eigenvalue weighted by Crippen LogP contribution is 2.40. The van der Waals surface area contributed by atoms with Crippen LogP contribution in [0.15, 0.2) is 57.8 Å². The molecule has 1 atom stereocenters. The summed E-state index contributed by atoms with van der Waals surface area (Å²) < 4.78 is 13.0. The number of benzene rings is 1. The Hall–Kier alpha value is -3.55. The van der Waals surface area contributed by atoms with Crippen molar-refractivity contribution >= 4 is 11.8 Å². The van der Waals surface area contributed by atoms with Gasteiger partial charge in [0.25, 0.3) is 5.56 Å². The highest BCUT2D eigenvalue weighted by atomic mass is 16.5. The number of allylic oxidation sites excluding steroid dienone is 1. The molecule has 2 aromatic rings. The molecule has 0 spiro atoms. The van der Waals surface area contributed by atoms with Gasteiger partial charge >= 0.3 is 11.7 Å². The first-order valence-electron chi connectivity index (χ1n) is 9.01. The number of methoxy groups -OCH3 is 1. The van der Waals surface area contributed by atoms with E-state index in [1.165, 1.54) is 17.7 Å². The lowest BCUT2D eigenvalue weighted by molar-refractivity contribution is -0.138. The zero-order valence-electron chi connectivity index (χ0n) is 16.8. The Bertz CT molecular complexity index is 1140. The molecule has 0 bridgehead atoms. The maximum absolute atomic E-state index is 13.1. The van der Waals surface area contributed by atoms with Crippen LogP contribution in [0.25, 0.3) is 0 Å². The predicted molar refractivity (Wildman–Crippen MR) is 109 cm³/mol. The number of rotatable bonds is 5. The molecule has 3 rings (SSSR count). The second-order valence-electron chi connectivity index (χ2n) is 6.73. The van der Waals surface area contributed by atoms with E-state index >= 15 is 0 Å². The molecule has 0 amide bonds. The molecule has 0 fully saturated rings. The van der Waals surface area contributed by atoms with Gasteiger partial charge in [0.2, 0.25) is 0 Å². The minimum Gasteiger partial charge on any atom is -0.497 e. The molecule has 0 unspecified atom stereocenters. The number of nitrogens with one attached hydrogen (secondary N) is 1. The van der Waals surface area contributed by atoms with E-state index in [9.17, 15) is 14.4 Å². The fraction of sp³-hybridized carbons (Fsp3) is 0.286. The number of hydrogen-bond acceptors (Lipinski definition) is 6. The van der Waals surface area contributed by atoms with E-state index in [4.69, 9.17) is 9.47 Å². The molecule has 0 aliphatic carbocycles. The van der Waals surface area contributed by atoms with Crippen LogP contribution in [0.3, 0.4) is 0 Å². The smallest absolute Gasteiger partial charge is 0.337 e. The molecule has 8 nitrogen and oxygen atoms in total. The van der Waals surface area contributed by atoms with Crippen LogP contribution in [-0.4, -0.2) is 28.8 Å². The third-order valence-corrected chi connectivity index (χ3v) is 4.97. The molecule has 152 valence electrons. The standard InChI is InChI=1S/C21H23N3O5/c1-6-10-29-20(26)15-12(2)22-18-17(19(25)24(4)21(27)23(18)3)16(15)13-8-7-9-14(11-13)28-5/h6-9,11,16,22H,1,10H2,2-5H3/t16-/m1/s1. The maximum atomic E-state index is 13.1. The summed E-state index contributed by atoms with van der Waals surface area (Å²) in [7, 11) is 4.53. The SMILES string of the molecule is C=CCOC(=O)C1=C(C)Nc2c(c(=O)n(C)c(=O)n2C)[C@@H]1c1cccc(OC)c1. The van der Waals surface area contributed by atoms with Crippen LogP contribution < -0.4 is 21.3 Å². The van der Waals surface area contributed by atoms with Crippen molar-refractivity contribution in [3.8, 4) is 5.75 Å². The summed E-state index contributed by atoms with van der Waals surface area (Å²) in [6, 6.07) is 7.13. The van der Waals surface area contributed by atoms with Gasteiger partial charge in [-0.05, 0) is 24.6 Å². The van der Waals surface area contributed by atoms with Gasteiger partial charge in [-0.2, -0.15) is 0 Å². The van der Waals surface area contributed by atoms with Crippen molar-refractivity contribution in [2.75, 3.05) is 19.0 Å². The summed E-state index contributed by atoms with van der Waals surface area (Å²) in [4.78, 5) is 38.4. The zero-order valence-corrected chi connectivity index (χ0v) is 16.8. The van der Waals surface area contributed by atoms with Gasteiger partial charge in [0.15, 0.2) is 0 Å². The molecule has 8 heteroatoms. The lowest BCUT2D eigenvalue weighted by atomic mass is 9.82. The average Bonchev–Trinajstić information content (AvgIpc) is 2.73. The summed E-state index contributed by atoms with van der Waals surface area (Å²) in [6.07, 6.45) is 1.47. The Morgan fingerprint density at radius 3 is 2.66 bits per heavy atom. The Morgan fingerprint density at radius 2 is 2.00 bits per heavy atom. The molecule has 0 saturated carbocycles. The van der Waals surface area contributed by atoms with Crippen molar-refractivity contribution in [1.29, 1.82) is 0 Å². The first-order chi connectivity index (χ1) is 13.8. The van der Waals surface area contributed by atoms with E-state index in [1.807, 2.05) is 0 Å². The number of aromatic nitrogens is 2. The molecular formula is C21H23N3O5. The Morgan fingerprint density at radius 1 is 1.28 bits per heavy atom. The molecule has 1 aromatic heterocycles. The van der Waals surface area contributed by atoms with Crippen molar-refractivity contribution in [2.24, 2.45) is 14.1 Å². The second-order valence-corrected chi connectivity index (χ2v) is 6.73. The van der Waals surface area contributed by atoms with Crippen LogP contribution >= 0.6 is 0 Å². The van der Waals surface area contributed by atoms with Gasteiger partial charge in [-0.15, -0.1) is 0 Å². The summed E-state index contributed by atoms with van der Waals surface area (Å²) >= 11 is 0. The van der Waals surface area contributed by atoms with E-state index < -0.39 is 23.1 Å².